The summed E-state index contributed by atoms with van der Waals surface area (Å²) in [5.74, 6) is 1.29. The van der Waals surface area contributed by atoms with Crippen LogP contribution in [0.2, 0.25) is 5.02 Å². The van der Waals surface area contributed by atoms with Gasteiger partial charge >= 0.3 is 0 Å². The van der Waals surface area contributed by atoms with Crippen LogP contribution in [0.25, 0.3) is 16.9 Å². The maximum Gasteiger partial charge on any atom is 0.252 e. The lowest BCUT2D eigenvalue weighted by Gasteiger charge is -2.05. The number of hydrogen-bond donors (Lipinski definition) is 1. The molecule has 0 fully saturated rings. The molecule has 0 aliphatic heterocycles. The lowest BCUT2D eigenvalue weighted by molar-refractivity contribution is 0.415. The van der Waals surface area contributed by atoms with Gasteiger partial charge in [0.05, 0.1) is 24.0 Å². The van der Waals surface area contributed by atoms with Gasteiger partial charge in [-0.15, -0.1) is 0 Å². The van der Waals surface area contributed by atoms with Crippen molar-refractivity contribution in [3.63, 3.8) is 0 Å². The summed E-state index contributed by atoms with van der Waals surface area (Å²) in [6, 6.07) is 17.2. The molecule has 0 aliphatic rings. The summed E-state index contributed by atoms with van der Waals surface area (Å²) in [4.78, 5) is 4.18. The number of rotatable bonds is 7. The minimum Gasteiger partial charge on any atom is -0.495 e. The van der Waals surface area contributed by atoms with Gasteiger partial charge in [0.25, 0.3) is 5.88 Å². The van der Waals surface area contributed by atoms with Crippen molar-refractivity contribution in [2.75, 3.05) is 12.5 Å². The zero-order valence-corrected chi connectivity index (χ0v) is 19.0. The van der Waals surface area contributed by atoms with E-state index in [1.165, 1.54) is 0 Å². The minimum absolute atomic E-state index is 0.0483. The molecule has 0 spiro atoms. The van der Waals surface area contributed by atoms with Crippen molar-refractivity contribution in [1.82, 2.24) is 14.8 Å². The molecule has 8 nitrogen and oxygen atoms in total. The molecule has 0 saturated heterocycles. The molecule has 0 bridgehead atoms. The van der Waals surface area contributed by atoms with Gasteiger partial charge in [-0.3, -0.25) is 0 Å². The summed E-state index contributed by atoms with van der Waals surface area (Å²) in [7, 11) is 1.57. The summed E-state index contributed by atoms with van der Waals surface area (Å²) in [6.07, 6.45) is 3.47. The van der Waals surface area contributed by atoms with Crippen molar-refractivity contribution < 1.29 is 9.15 Å². The monoisotopic (exact) mass is 460 g/mol. The maximum atomic E-state index is 9.32. The molecule has 4 aromatic rings. The van der Waals surface area contributed by atoms with Gasteiger partial charge in [-0.1, -0.05) is 43.6 Å². The van der Waals surface area contributed by atoms with Crippen LogP contribution >= 0.6 is 11.6 Å². The zero-order chi connectivity index (χ0) is 23.4. The number of methoxy groups -OCH3 is 1. The van der Waals surface area contributed by atoms with Crippen LogP contribution in [0.4, 0.5) is 5.88 Å². The van der Waals surface area contributed by atoms with Crippen LogP contribution in [0.15, 0.2) is 64.2 Å². The van der Waals surface area contributed by atoms with Gasteiger partial charge in [0.15, 0.2) is 0 Å². The Labute approximate surface area is 196 Å². The molecular weight excluding hydrogens is 440 g/mol. The summed E-state index contributed by atoms with van der Waals surface area (Å²) in [5.41, 5.74) is 6.04. The van der Waals surface area contributed by atoms with E-state index >= 15 is 0 Å². The SMILES string of the molecule is COc1ccc(-c2nn(-c3ccccc3)cc2C=NNc2oc(C(C)C)nc2C#N)cc1Cl. The first kappa shape index (κ1) is 22.1. The van der Waals surface area contributed by atoms with Crippen LogP contribution in [-0.4, -0.2) is 28.1 Å². The number of nitrogens with zero attached hydrogens (tertiary/aromatic N) is 5. The van der Waals surface area contributed by atoms with Gasteiger partial charge in [-0.25, -0.2) is 15.1 Å². The number of para-hydroxylation sites is 1. The highest BCUT2D eigenvalue weighted by atomic mass is 35.5. The molecule has 2 aromatic carbocycles. The summed E-state index contributed by atoms with van der Waals surface area (Å²) < 4.78 is 12.6. The Morgan fingerprint density at radius 2 is 2.03 bits per heavy atom. The van der Waals surface area contributed by atoms with Crippen molar-refractivity contribution in [3.05, 3.63) is 76.9 Å². The van der Waals surface area contributed by atoms with Crippen LogP contribution in [0.3, 0.4) is 0 Å². The Morgan fingerprint density at radius 1 is 1.24 bits per heavy atom. The third-order valence-corrected chi connectivity index (χ3v) is 5.10. The van der Waals surface area contributed by atoms with E-state index in [-0.39, 0.29) is 17.5 Å². The number of hydrazone groups is 1. The average molecular weight is 461 g/mol. The first-order chi connectivity index (χ1) is 16.0. The molecule has 0 unspecified atom stereocenters. The van der Waals surface area contributed by atoms with Crippen molar-refractivity contribution in [2.45, 2.75) is 19.8 Å². The summed E-state index contributed by atoms with van der Waals surface area (Å²) in [6.45, 7) is 3.87. The third-order valence-electron chi connectivity index (χ3n) is 4.80. The van der Waals surface area contributed by atoms with E-state index in [2.05, 4.69) is 15.5 Å². The first-order valence-corrected chi connectivity index (χ1v) is 10.6. The fourth-order valence-electron chi connectivity index (χ4n) is 3.13. The standard InChI is InChI=1S/C24H21ClN6O2/c1-15(2)23-28-20(12-26)24(33-23)29-27-13-17-14-31(18-7-5-4-6-8-18)30-22(17)16-9-10-21(32-3)19(25)11-16/h4-11,13-15,29H,1-3H3. The van der Waals surface area contributed by atoms with E-state index in [1.54, 1.807) is 30.1 Å². The van der Waals surface area contributed by atoms with Crippen LogP contribution in [0.5, 0.6) is 5.75 Å². The number of benzene rings is 2. The molecule has 2 aromatic heterocycles. The molecule has 0 aliphatic carbocycles. The molecule has 1 N–H and O–H groups in total. The lowest BCUT2D eigenvalue weighted by atomic mass is 10.1. The number of aromatic nitrogens is 3. The van der Waals surface area contributed by atoms with Crippen LogP contribution < -0.4 is 10.2 Å². The summed E-state index contributed by atoms with van der Waals surface area (Å²) >= 11 is 6.35. The molecule has 33 heavy (non-hydrogen) atoms. The largest absolute Gasteiger partial charge is 0.495 e. The number of oxazole rings is 1. The van der Waals surface area contributed by atoms with E-state index in [0.717, 1.165) is 16.8 Å². The normalized spacial score (nSPS) is 11.2. The van der Waals surface area contributed by atoms with Gasteiger partial charge < -0.3 is 9.15 Å². The average Bonchev–Trinajstić information content (AvgIpc) is 3.44. The van der Waals surface area contributed by atoms with Crippen LogP contribution in [0, 0.1) is 11.3 Å². The molecule has 166 valence electrons. The number of anilines is 1. The Hall–Kier alpha value is -4.09. The topological polar surface area (TPSA) is 101 Å². The zero-order valence-electron chi connectivity index (χ0n) is 18.3. The van der Waals surface area contributed by atoms with E-state index < -0.39 is 0 Å². The van der Waals surface area contributed by atoms with E-state index in [4.69, 9.17) is 25.9 Å². The Balaban J connectivity index is 1.70. The quantitative estimate of drug-likeness (QED) is 0.283. The van der Waals surface area contributed by atoms with Gasteiger partial charge in [-0.05, 0) is 30.3 Å². The van der Waals surface area contributed by atoms with E-state index in [9.17, 15) is 5.26 Å². The second-order valence-electron chi connectivity index (χ2n) is 7.43. The minimum atomic E-state index is 0.0483. The molecular formula is C24H21ClN6O2. The van der Waals surface area contributed by atoms with E-state index in [0.29, 0.717) is 22.4 Å². The van der Waals surface area contributed by atoms with Crippen LogP contribution in [-0.2, 0) is 0 Å². The molecule has 2 heterocycles. The molecule has 0 saturated carbocycles. The van der Waals surface area contributed by atoms with Gasteiger partial charge in [0.1, 0.15) is 17.5 Å². The fraction of sp³-hybridized carbons (Fsp3) is 0.167. The van der Waals surface area contributed by atoms with Crippen molar-refractivity contribution in [2.24, 2.45) is 5.10 Å². The van der Waals surface area contributed by atoms with Crippen molar-refractivity contribution >= 4 is 23.7 Å². The van der Waals surface area contributed by atoms with Crippen molar-refractivity contribution in [1.29, 1.82) is 5.26 Å². The summed E-state index contributed by atoms with van der Waals surface area (Å²) in [5, 5.41) is 18.8. The highest BCUT2D eigenvalue weighted by molar-refractivity contribution is 6.32. The van der Waals surface area contributed by atoms with Gasteiger partial charge in [0.2, 0.25) is 11.6 Å². The Kier molecular flexibility index (Phi) is 6.43. The number of nitriles is 1. The Morgan fingerprint density at radius 3 is 2.70 bits per heavy atom. The van der Waals surface area contributed by atoms with Gasteiger partial charge in [0, 0.05) is 23.2 Å². The molecule has 9 heteroatoms. The third kappa shape index (κ3) is 4.73. The van der Waals surface area contributed by atoms with Crippen LogP contribution in [0.1, 0.15) is 36.9 Å². The van der Waals surface area contributed by atoms with Gasteiger partial charge in [-0.2, -0.15) is 15.5 Å². The number of ether oxygens (including phenoxy) is 1. The highest BCUT2D eigenvalue weighted by Gasteiger charge is 2.16. The van der Waals surface area contributed by atoms with E-state index in [1.807, 2.05) is 62.5 Å². The molecule has 0 radical (unpaired) electrons. The number of hydrogen-bond acceptors (Lipinski definition) is 7. The number of nitrogens with one attached hydrogen (secondary N) is 1. The molecule has 4 rings (SSSR count). The maximum absolute atomic E-state index is 9.32. The smallest absolute Gasteiger partial charge is 0.252 e. The second-order valence-corrected chi connectivity index (χ2v) is 7.84. The predicted octanol–water partition coefficient (Wildman–Crippen LogP) is 5.63. The van der Waals surface area contributed by atoms with Crippen molar-refractivity contribution in [3.8, 4) is 28.8 Å². The Bertz CT molecular complexity index is 1330. The lowest BCUT2D eigenvalue weighted by Crippen LogP contribution is -1.94. The number of halogens is 1. The highest BCUT2D eigenvalue weighted by Crippen LogP contribution is 2.31. The molecule has 0 atom stereocenters. The molecule has 0 amide bonds. The second kappa shape index (κ2) is 9.59. The first-order valence-electron chi connectivity index (χ1n) is 10.2. The fourth-order valence-corrected chi connectivity index (χ4v) is 3.39. The predicted molar refractivity (Wildman–Crippen MR) is 127 cm³/mol.